The van der Waals surface area contributed by atoms with Crippen LogP contribution in [-0.4, -0.2) is 62.6 Å². The quantitative estimate of drug-likeness (QED) is 0.166. The third kappa shape index (κ3) is 10.1. The van der Waals surface area contributed by atoms with Gasteiger partial charge < -0.3 is 24.1 Å². The molecule has 0 aliphatic rings. The third-order valence-electron chi connectivity index (χ3n) is 7.57. The van der Waals surface area contributed by atoms with Gasteiger partial charge in [-0.05, 0) is 80.4 Å². The second-order valence-electron chi connectivity index (χ2n) is 13.3. The number of aromatic nitrogens is 1. The molecule has 1 heterocycles. The zero-order valence-corrected chi connectivity index (χ0v) is 29.1. The highest BCUT2D eigenvalue weighted by Gasteiger charge is 2.40. The van der Waals surface area contributed by atoms with Crippen LogP contribution < -0.4 is 5.32 Å². The van der Waals surface area contributed by atoms with Crippen molar-refractivity contribution in [3.8, 4) is 11.1 Å². The summed E-state index contributed by atoms with van der Waals surface area (Å²) in [5, 5.41) is 4.02. The molecule has 1 aromatic heterocycles. The van der Waals surface area contributed by atoms with Crippen molar-refractivity contribution < 1.29 is 23.5 Å². The summed E-state index contributed by atoms with van der Waals surface area (Å²) >= 11 is 6.39. The number of hydrogen-bond donors (Lipinski definition) is 1. The Balaban J connectivity index is 1.84. The molecule has 3 aromatic rings. The molecule has 0 spiro atoms. The fourth-order valence-corrected chi connectivity index (χ4v) is 5.68. The lowest BCUT2D eigenvalue weighted by Gasteiger charge is -2.40. The van der Waals surface area contributed by atoms with Gasteiger partial charge in [0.2, 0.25) is 0 Å². The number of benzene rings is 2. The van der Waals surface area contributed by atoms with Crippen LogP contribution in [-0.2, 0) is 13.9 Å². The van der Waals surface area contributed by atoms with Gasteiger partial charge in [-0.1, -0.05) is 56.6 Å². The number of anilines is 1. The number of esters is 1. The Bertz CT molecular complexity index is 1430. The fraction of sp³-hybridized carbons (Fsp3) is 0.441. The van der Waals surface area contributed by atoms with Crippen molar-refractivity contribution in [3.05, 3.63) is 83.1 Å². The van der Waals surface area contributed by atoms with Crippen LogP contribution in [0.2, 0.25) is 23.2 Å². The number of nitrogens with zero attached hydrogens (tertiary/aromatic N) is 2. The highest BCUT2D eigenvalue weighted by Crippen LogP contribution is 2.40. The Kier molecular flexibility index (Phi) is 11.6. The Labute approximate surface area is 268 Å². The molecule has 3 rings (SSSR count). The lowest BCUT2D eigenvalue weighted by Crippen LogP contribution is -2.46. The molecule has 0 bridgehead atoms. The highest BCUT2D eigenvalue weighted by molar-refractivity contribution is 6.74. The number of nitrogens with one attached hydrogen (secondary N) is 1. The summed E-state index contributed by atoms with van der Waals surface area (Å²) in [6.07, 6.45) is 2.38. The van der Waals surface area contributed by atoms with Crippen LogP contribution in [0.5, 0.6) is 0 Å². The Morgan fingerprint density at radius 3 is 2.32 bits per heavy atom. The summed E-state index contributed by atoms with van der Waals surface area (Å²) in [6, 6.07) is 17.2. The fourth-order valence-electron chi connectivity index (χ4n) is 4.20. The minimum atomic E-state index is -2.22. The molecule has 1 amide bonds. The minimum Gasteiger partial charge on any atom is -0.465 e. The molecule has 8 nitrogen and oxygen atoms in total. The van der Waals surface area contributed by atoms with E-state index in [2.05, 4.69) is 44.2 Å². The number of hydrogen-bond acceptors (Lipinski definition) is 7. The number of rotatable bonds is 11. The lowest BCUT2D eigenvalue weighted by molar-refractivity contribution is 0.0165. The van der Waals surface area contributed by atoms with Crippen LogP contribution in [0.4, 0.5) is 10.5 Å². The summed E-state index contributed by atoms with van der Waals surface area (Å²) in [4.78, 5) is 31.4. The van der Waals surface area contributed by atoms with Crippen LogP contribution in [0.15, 0.2) is 67.0 Å². The monoisotopic (exact) mass is 639 g/mol. The molecule has 1 atom stereocenters. The standard InChI is InChI=1S/C34H46ClN3O5Si/c1-33(2,3)42-32(40)38(23-30(25-13-10-14-28(35)19-25)43-44(8,9)34(4,5)6)17-16-37-29-15-11-12-24(20-29)26-18-27(22-36-21-26)31(39)41-7/h10-15,18-22,30,37H,16-17,23H2,1-9H3/t30-/m0/s1. The summed E-state index contributed by atoms with van der Waals surface area (Å²) in [5.41, 5.74) is 3.18. The molecule has 0 saturated carbocycles. The van der Waals surface area contributed by atoms with Gasteiger partial charge in [-0.25, -0.2) is 9.59 Å². The summed E-state index contributed by atoms with van der Waals surface area (Å²) in [7, 11) is -0.880. The second-order valence-corrected chi connectivity index (χ2v) is 18.5. The second kappa shape index (κ2) is 14.6. The Hall–Kier alpha value is -3.40. The van der Waals surface area contributed by atoms with E-state index in [9.17, 15) is 9.59 Å². The number of ether oxygens (including phenoxy) is 2. The molecule has 0 aliphatic heterocycles. The first-order valence-electron chi connectivity index (χ1n) is 14.8. The lowest BCUT2D eigenvalue weighted by atomic mass is 10.1. The van der Waals surface area contributed by atoms with Crippen LogP contribution in [0, 0.1) is 0 Å². The van der Waals surface area contributed by atoms with Gasteiger partial charge in [0.1, 0.15) is 5.60 Å². The highest BCUT2D eigenvalue weighted by atomic mass is 35.5. The first-order chi connectivity index (χ1) is 20.5. The average molecular weight is 640 g/mol. The topological polar surface area (TPSA) is 90.0 Å². The Morgan fingerprint density at radius 2 is 1.68 bits per heavy atom. The molecule has 0 fully saturated rings. The molecule has 0 radical (unpaired) electrons. The van der Waals surface area contributed by atoms with E-state index in [0.29, 0.717) is 30.2 Å². The number of halogens is 1. The van der Waals surface area contributed by atoms with Crippen LogP contribution >= 0.6 is 11.6 Å². The largest absolute Gasteiger partial charge is 0.465 e. The van der Waals surface area contributed by atoms with Crippen molar-refractivity contribution in [2.75, 3.05) is 32.1 Å². The van der Waals surface area contributed by atoms with Crippen LogP contribution in [0.3, 0.4) is 0 Å². The molecule has 0 saturated heterocycles. The smallest absolute Gasteiger partial charge is 0.410 e. The van der Waals surface area contributed by atoms with Gasteiger partial charge in [0, 0.05) is 41.8 Å². The van der Waals surface area contributed by atoms with Gasteiger partial charge in [-0.2, -0.15) is 0 Å². The van der Waals surface area contributed by atoms with Crippen molar-refractivity contribution in [2.24, 2.45) is 0 Å². The van der Waals surface area contributed by atoms with E-state index in [1.165, 1.54) is 13.3 Å². The van der Waals surface area contributed by atoms with E-state index in [1.54, 1.807) is 17.2 Å². The predicted molar refractivity (Wildman–Crippen MR) is 180 cm³/mol. The SMILES string of the molecule is COC(=O)c1cncc(-c2cccc(NCCN(C[C@H](O[Si](C)(C)C(C)(C)C)c3cccc(Cl)c3)C(=O)OC(C)(C)C)c2)c1. The van der Waals surface area contributed by atoms with E-state index in [0.717, 1.165) is 22.4 Å². The third-order valence-corrected chi connectivity index (χ3v) is 12.3. The number of carbonyl (C=O) groups is 2. The Morgan fingerprint density at radius 1 is 0.977 bits per heavy atom. The molecule has 0 unspecified atom stereocenters. The molecule has 0 aliphatic carbocycles. The zero-order chi connectivity index (χ0) is 32.7. The van der Waals surface area contributed by atoms with Crippen molar-refractivity contribution in [3.63, 3.8) is 0 Å². The number of methoxy groups -OCH3 is 1. The van der Waals surface area contributed by atoms with Crippen molar-refractivity contribution in [1.29, 1.82) is 0 Å². The van der Waals surface area contributed by atoms with Gasteiger partial charge in [-0.3, -0.25) is 4.98 Å². The van der Waals surface area contributed by atoms with Gasteiger partial charge in [-0.15, -0.1) is 0 Å². The number of pyridine rings is 1. The first-order valence-corrected chi connectivity index (χ1v) is 18.1. The summed E-state index contributed by atoms with van der Waals surface area (Å²) in [5.74, 6) is -0.440. The van der Waals surface area contributed by atoms with Gasteiger partial charge >= 0.3 is 12.1 Å². The predicted octanol–water partition coefficient (Wildman–Crippen LogP) is 8.60. The van der Waals surface area contributed by atoms with Crippen LogP contribution in [0.1, 0.15) is 63.6 Å². The molecule has 1 N–H and O–H groups in total. The molecule has 10 heteroatoms. The molecular formula is C34H46ClN3O5Si. The van der Waals surface area contributed by atoms with Gasteiger partial charge in [0.15, 0.2) is 8.32 Å². The van der Waals surface area contributed by atoms with E-state index in [-0.39, 0.29) is 11.1 Å². The maximum atomic E-state index is 13.5. The first kappa shape index (κ1) is 35.1. The number of amides is 1. The minimum absolute atomic E-state index is 0.0287. The van der Waals surface area contributed by atoms with Crippen LogP contribution in [0.25, 0.3) is 11.1 Å². The van der Waals surface area contributed by atoms with Gasteiger partial charge in [0.25, 0.3) is 0 Å². The molecule has 44 heavy (non-hydrogen) atoms. The number of carbonyl (C=O) groups excluding carboxylic acids is 2. The molecule has 238 valence electrons. The van der Waals surface area contributed by atoms with Crippen molar-refractivity contribution in [2.45, 2.75) is 71.4 Å². The average Bonchev–Trinajstić information content (AvgIpc) is 2.94. The molecular weight excluding hydrogens is 594 g/mol. The van der Waals surface area contributed by atoms with Crippen molar-refractivity contribution in [1.82, 2.24) is 9.88 Å². The van der Waals surface area contributed by atoms with E-state index < -0.39 is 26.0 Å². The maximum Gasteiger partial charge on any atom is 0.410 e. The summed E-state index contributed by atoms with van der Waals surface area (Å²) < 4.78 is 17.5. The zero-order valence-electron chi connectivity index (χ0n) is 27.4. The maximum absolute atomic E-state index is 13.5. The van der Waals surface area contributed by atoms with E-state index >= 15 is 0 Å². The normalized spacial score (nSPS) is 12.8. The van der Waals surface area contributed by atoms with Gasteiger partial charge in [0.05, 0.1) is 25.3 Å². The molecule has 2 aromatic carbocycles. The summed E-state index contributed by atoms with van der Waals surface area (Å²) in [6.45, 7) is 17.7. The van der Waals surface area contributed by atoms with E-state index in [4.69, 9.17) is 25.5 Å². The van der Waals surface area contributed by atoms with E-state index in [1.807, 2.05) is 69.3 Å². The van der Waals surface area contributed by atoms with Crippen molar-refractivity contribution >= 4 is 37.7 Å².